The van der Waals surface area contributed by atoms with E-state index in [-0.39, 0.29) is 49.9 Å². The number of piperidine rings is 1. The molecule has 0 spiro atoms. The standard InChI is InChI=1S/C43H50Cl3F2N3O6/c1-42(2,3)56-40(53)49-23-29-21-30(26-14-12-25(13-15-26)9-8-20-55-38-33(48)19-18-32(47)37(38)46)35(34(24-49)51(29)41(54)57-43(4,5)6)39(52)50(28-16-17-28)22-27-10-7-11-31(44)36(27)45/h7,10-15,18-19,28-30,34-35H,8-9,16-17,20-24H2,1-6H3. The van der Waals surface area contributed by atoms with Crippen LogP contribution in [-0.4, -0.2) is 81.8 Å². The zero-order chi connectivity index (χ0) is 41.4. The molecule has 2 heterocycles. The van der Waals surface area contributed by atoms with Crippen LogP contribution >= 0.6 is 34.8 Å². The van der Waals surface area contributed by atoms with Gasteiger partial charge < -0.3 is 24.0 Å². The molecule has 2 bridgehead atoms. The summed E-state index contributed by atoms with van der Waals surface area (Å²) in [5, 5.41) is 0.381. The molecule has 57 heavy (non-hydrogen) atoms. The molecule has 6 rings (SSSR count). The zero-order valence-electron chi connectivity index (χ0n) is 33.1. The van der Waals surface area contributed by atoms with E-state index in [4.69, 9.17) is 49.0 Å². The quantitative estimate of drug-likeness (QED) is 0.149. The Hall–Kier alpha value is -3.80. The van der Waals surface area contributed by atoms with Gasteiger partial charge in [0.1, 0.15) is 22.0 Å². The maximum Gasteiger partial charge on any atom is 0.410 e. The van der Waals surface area contributed by atoms with Crippen molar-refractivity contribution in [3.63, 3.8) is 0 Å². The summed E-state index contributed by atoms with van der Waals surface area (Å²) in [5.41, 5.74) is 1.07. The molecule has 1 aliphatic carbocycles. The number of likely N-dealkylation sites (tertiary alicyclic amines) is 1. The first-order chi connectivity index (χ1) is 26.8. The van der Waals surface area contributed by atoms with E-state index in [2.05, 4.69) is 0 Å². The molecule has 0 N–H and O–H groups in total. The highest BCUT2D eigenvalue weighted by molar-refractivity contribution is 6.42. The van der Waals surface area contributed by atoms with Crippen molar-refractivity contribution in [1.29, 1.82) is 0 Å². The summed E-state index contributed by atoms with van der Waals surface area (Å²) in [6, 6.07) is 14.1. The molecule has 0 radical (unpaired) electrons. The molecule has 4 unspecified atom stereocenters. The Labute approximate surface area is 348 Å². The van der Waals surface area contributed by atoms with Gasteiger partial charge in [-0.15, -0.1) is 0 Å². The minimum absolute atomic E-state index is 0.0215. The van der Waals surface area contributed by atoms with Gasteiger partial charge in [0.25, 0.3) is 0 Å². The number of hydrogen-bond donors (Lipinski definition) is 0. The number of ether oxygens (including phenoxy) is 3. The van der Waals surface area contributed by atoms with E-state index in [0.717, 1.165) is 36.1 Å². The Kier molecular flexibility index (Phi) is 12.9. The van der Waals surface area contributed by atoms with Crippen LogP contribution in [-0.2, 0) is 27.2 Å². The van der Waals surface area contributed by atoms with E-state index in [0.29, 0.717) is 34.9 Å². The highest BCUT2D eigenvalue weighted by Gasteiger charge is 2.55. The molecule has 2 saturated heterocycles. The van der Waals surface area contributed by atoms with Gasteiger partial charge in [-0.3, -0.25) is 9.69 Å². The van der Waals surface area contributed by atoms with E-state index < -0.39 is 58.0 Å². The van der Waals surface area contributed by atoms with Gasteiger partial charge in [0.15, 0.2) is 11.6 Å². The van der Waals surface area contributed by atoms with Gasteiger partial charge in [-0.05, 0) is 114 Å². The molecule has 4 atom stereocenters. The highest BCUT2D eigenvalue weighted by Crippen LogP contribution is 2.46. The Balaban J connectivity index is 1.32. The Morgan fingerprint density at radius 2 is 1.47 bits per heavy atom. The number of hydrogen-bond acceptors (Lipinski definition) is 6. The van der Waals surface area contributed by atoms with Crippen molar-refractivity contribution in [3.8, 4) is 5.75 Å². The molecule has 9 nitrogen and oxygen atoms in total. The maximum absolute atomic E-state index is 15.3. The summed E-state index contributed by atoms with van der Waals surface area (Å²) in [6.45, 7) is 11.4. The maximum atomic E-state index is 15.3. The smallest absolute Gasteiger partial charge is 0.410 e. The first-order valence-corrected chi connectivity index (χ1v) is 20.5. The third kappa shape index (κ3) is 10.3. The number of halogens is 5. The molecule has 2 aliphatic heterocycles. The van der Waals surface area contributed by atoms with E-state index in [1.54, 1.807) is 63.5 Å². The predicted octanol–water partition coefficient (Wildman–Crippen LogP) is 10.5. The SMILES string of the molecule is CC(C)(C)OC(=O)N1CC2CC(c3ccc(CCCOc4c(F)ccc(F)c4Cl)cc3)C(C(=O)N(Cc3cccc(Cl)c3Cl)C3CC3)C(C1)N2C(=O)OC(C)(C)C. The molecular weight excluding hydrogens is 799 g/mol. The van der Waals surface area contributed by atoms with Crippen LogP contribution in [0.2, 0.25) is 15.1 Å². The van der Waals surface area contributed by atoms with E-state index in [9.17, 15) is 18.4 Å². The molecule has 14 heteroatoms. The Morgan fingerprint density at radius 1 is 0.825 bits per heavy atom. The van der Waals surface area contributed by atoms with Crippen LogP contribution in [0.5, 0.6) is 5.75 Å². The fourth-order valence-electron chi connectivity index (χ4n) is 7.78. The van der Waals surface area contributed by atoms with Crippen LogP contribution in [0, 0.1) is 17.6 Å². The van der Waals surface area contributed by atoms with Crippen molar-refractivity contribution in [2.24, 2.45) is 5.92 Å². The minimum atomic E-state index is -0.797. The normalized spacial score (nSPS) is 20.9. The minimum Gasteiger partial charge on any atom is -0.489 e. The Morgan fingerprint density at radius 3 is 2.12 bits per heavy atom. The first kappa shape index (κ1) is 42.8. The molecule has 3 aromatic carbocycles. The van der Waals surface area contributed by atoms with Crippen molar-refractivity contribution in [1.82, 2.24) is 14.7 Å². The lowest BCUT2D eigenvalue weighted by Gasteiger charge is -2.55. The summed E-state index contributed by atoms with van der Waals surface area (Å²) in [7, 11) is 0. The van der Waals surface area contributed by atoms with E-state index in [1.807, 2.05) is 35.2 Å². The van der Waals surface area contributed by atoms with Crippen LogP contribution < -0.4 is 4.74 Å². The van der Waals surface area contributed by atoms with Gasteiger partial charge in [-0.1, -0.05) is 71.2 Å². The summed E-state index contributed by atoms with van der Waals surface area (Å²) >= 11 is 19.0. The number of benzene rings is 3. The molecule has 308 valence electrons. The van der Waals surface area contributed by atoms with Crippen LogP contribution in [0.25, 0.3) is 0 Å². The fourth-order valence-corrected chi connectivity index (χ4v) is 8.37. The first-order valence-electron chi connectivity index (χ1n) is 19.4. The van der Waals surface area contributed by atoms with Crippen LogP contribution in [0.4, 0.5) is 18.4 Å². The number of nitrogens with zero attached hydrogens (tertiary/aromatic N) is 3. The summed E-state index contributed by atoms with van der Waals surface area (Å²) in [4.78, 5) is 48.2. The lowest BCUT2D eigenvalue weighted by Crippen LogP contribution is -2.69. The molecule has 3 fully saturated rings. The highest BCUT2D eigenvalue weighted by atomic mass is 35.5. The number of amides is 3. The molecule has 3 amide bonds. The summed E-state index contributed by atoms with van der Waals surface area (Å²) in [6.07, 6.45) is 2.08. The average molecular weight is 849 g/mol. The number of fused-ring (bicyclic) bond motifs is 2. The third-order valence-corrected chi connectivity index (χ3v) is 11.6. The molecule has 1 saturated carbocycles. The van der Waals surface area contributed by atoms with Gasteiger partial charge >= 0.3 is 12.2 Å². The number of piperazine rings is 1. The van der Waals surface area contributed by atoms with Gasteiger partial charge in [0.05, 0.1) is 34.7 Å². The fraction of sp³-hybridized carbons (Fsp3) is 0.512. The van der Waals surface area contributed by atoms with Crippen molar-refractivity contribution in [3.05, 3.63) is 98.0 Å². The number of carbonyl (C=O) groups excluding carboxylic acids is 3. The predicted molar refractivity (Wildman–Crippen MR) is 216 cm³/mol. The van der Waals surface area contributed by atoms with Gasteiger partial charge in [0.2, 0.25) is 5.91 Å². The van der Waals surface area contributed by atoms with Crippen molar-refractivity contribution >= 4 is 52.9 Å². The number of carbonyl (C=O) groups is 3. The van der Waals surface area contributed by atoms with Crippen molar-refractivity contribution in [2.45, 2.75) is 115 Å². The van der Waals surface area contributed by atoms with E-state index >= 15 is 4.79 Å². The largest absolute Gasteiger partial charge is 0.489 e. The second-order valence-corrected chi connectivity index (χ2v) is 18.3. The number of rotatable bonds is 10. The van der Waals surface area contributed by atoms with Gasteiger partial charge in [0, 0.05) is 25.7 Å². The molecule has 3 aliphatic rings. The molecular formula is C43H50Cl3F2N3O6. The summed E-state index contributed by atoms with van der Waals surface area (Å²) < 4.78 is 45.3. The Bertz CT molecular complexity index is 1970. The second-order valence-electron chi connectivity index (χ2n) is 17.1. The zero-order valence-corrected chi connectivity index (χ0v) is 35.4. The third-order valence-electron chi connectivity index (χ3n) is 10.4. The lowest BCUT2D eigenvalue weighted by atomic mass is 9.70. The van der Waals surface area contributed by atoms with Gasteiger partial charge in [-0.25, -0.2) is 18.4 Å². The van der Waals surface area contributed by atoms with E-state index in [1.165, 1.54) is 0 Å². The van der Waals surface area contributed by atoms with Crippen LogP contribution in [0.3, 0.4) is 0 Å². The monoisotopic (exact) mass is 847 g/mol. The molecule has 0 aromatic heterocycles. The van der Waals surface area contributed by atoms with Crippen molar-refractivity contribution < 1.29 is 37.4 Å². The number of aryl methyl sites for hydroxylation is 1. The average Bonchev–Trinajstić information content (AvgIpc) is 3.97. The topological polar surface area (TPSA) is 88.6 Å². The lowest BCUT2D eigenvalue weighted by molar-refractivity contribution is -0.146. The van der Waals surface area contributed by atoms with Crippen LogP contribution in [0.15, 0.2) is 54.6 Å². The second kappa shape index (κ2) is 17.2. The molecule has 3 aromatic rings. The van der Waals surface area contributed by atoms with Crippen LogP contribution in [0.1, 0.15) is 89.8 Å². The van der Waals surface area contributed by atoms with Crippen molar-refractivity contribution in [2.75, 3.05) is 19.7 Å². The van der Waals surface area contributed by atoms with Gasteiger partial charge in [-0.2, -0.15) is 0 Å². The summed E-state index contributed by atoms with van der Waals surface area (Å²) in [5.74, 6) is -3.03.